The Morgan fingerprint density at radius 3 is 2.48 bits per heavy atom. The summed E-state index contributed by atoms with van der Waals surface area (Å²) in [5.41, 5.74) is 2.16. The first-order chi connectivity index (χ1) is 10.1. The number of rotatable bonds is 6. The molecule has 112 valence electrons. The van der Waals surface area contributed by atoms with E-state index in [-0.39, 0.29) is 5.97 Å². The number of hydrogen-bond acceptors (Lipinski definition) is 4. The third-order valence-electron chi connectivity index (χ3n) is 2.84. The second kappa shape index (κ2) is 8.70. The highest BCUT2D eigenvalue weighted by Gasteiger charge is 2.13. The summed E-state index contributed by atoms with van der Waals surface area (Å²) in [5.74, 6) is 6.14. The van der Waals surface area contributed by atoms with Crippen molar-refractivity contribution in [3.05, 3.63) is 35.5 Å². The zero-order chi connectivity index (χ0) is 15.7. The van der Waals surface area contributed by atoms with Crippen LogP contribution in [0.5, 0.6) is 5.75 Å². The van der Waals surface area contributed by atoms with Crippen molar-refractivity contribution in [2.75, 3.05) is 19.0 Å². The van der Waals surface area contributed by atoms with Gasteiger partial charge in [0.05, 0.1) is 19.3 Å². The summed E-state index contributed by atoms with van der Waals surface area (Å²) < 4.78 is 10.2. The fraction of sp³-hybridized carbons (Fsp3) is 0.353. The average molecular weight is 287 g/mol. The summed E-state index contributed by atoms with van der Waals surface area (Å²) >= 11 is 0. The van der Waals surface area contributed by atoms with Gasteiger partial charge in [-0.15, -0.1) is 5.92 Å². The van der Waals surface area contributed by atoms with Gasteiger partial charge < -0.3 is 14.8 Å². The van der Waals surface area contributed by atoms with Crippen LogP contribution in [0.1, 0.15) is 27.2 Å². The number of allylic oxidation sites excluding steroid dienone is 1. The maximum Gasteiger partial charge on any atom is 0.336 e. The maximum atomic E-state index is 12.0. The Morgan fingerprint density at radius 2 is 1.95 bits per heavy atom. The molecule has 0 heterocycles. The minimum Gasteiger partial charge on any atom is -0.497 e. The van der Waals surface area contributed by atoms with Crippen molar-refractivity contribution in [1.82, 2.24) is 0 Å². The van der Waals surface area contributed by atoms with Crippen LogP contribution in [0, 0.1) is 11.8 Å². The fourth-order valence-corrected chi connectivity index (χ4v) is 1.72. The molecule has 1 rings (SSSR count). The molecule has 0 aliphatic rings. The second-order valence-corrected chi connectivity index (χ2v) is 4.28. The molecule has 0 saturated carbocycles. The van der Waals surface area contributed by atoms with Gasteiger partial charge >= 0.3 is 5.97 Å². The summed E-state index contributed by atoms with van der Waals surface area (Å²) in [6, 6.07) is 7.48. The summed E-state index contributed by atoms with van der Waals surface area (Å²) in [4.78, 5) is 12.0. The molecule has 0 saturated heterocycles. The lowest BCUT2D eigenvalue weighted by molar-refractivity contribution is -0.138. The lowest BCUT2D eigenvalue weighted by atomic mass is 10.1. The molecule has 0 fully saturated rings. The Labute approximate surface area is 126 Å². The number of carbonyl (C=O) groups is 1. The van der Waals surface area contributed by atoms with Crippen LogP contribution in [-0.2, 0) is 9.53 Å². The monoisotopic (exact) mass is 287 g/mol. The predicted molar refractivity (Wildman–Crippen MR) is 84.0 cm³/mol. The molecule has 0 bridgehead atoms. The van der Waals surface area contributed by atoms with Crippen molar-refractivity contribution in [3.8, 4) is 17.6 Å². The van der Waals surface area contributed by atoms with E-state index in [9.17, 15) is 4.79 Å². The van der Waals surface area contributed by atoms with Crippen LogP contribution in [0.15, 0.2) is 35.5 Å². The topological polar surface area (TPSA) is 47.6 Å². The van der Waals surface area contributed by atoms with Crippen LogP contribution >= 0.6 is 0 Å². The van der Waals surface area contributed by atoms with Gasteiger partial charge in [0, 0.05) is 17.8 Å². The van der Waals surface area contributed by atoms with Crippen LogP contribution in [0.4, 0.5) is 5.69 Å². The van der Waals surface area contributed by atoms with Crippen LogP contribution in [0.2, 0.25) is 0 Å². The number of hydrogen-bond donors (Lipinski definition) is 1. The molecule has 21 heavy (non-hydrogen) atoms. The van der Waals surface area contributed by atoms with Gasteiger partial charge in [-0.25, -0.2) is 4.79 Å². The summed E-state index contributed by atoms with van der Waals surface area (Å²) in [7, 11) is 1.62. The number of methoxy groups -OCH3 is 1. The number of benzene rings is 1. The molecule has 1 aromatic carbocycles. The molecule has 1 N–H and O–H groups in total. The summed E-state index contributed by atoms with van der Waals surface area (Å²) in [6.07, 6.45) is 0.365. The molecular formula is C17H21NO3. The molecule has 4 nitrogen and oxygen atoms in total. The van der Waals surface area contributed by atoms with Crippen LogP contribution in [0.25, 0.3) is 0 Å². The number of nitrogens with one attached hydrogen (secondary N) is 1. The van der Waals surface area contributed by atoms with E-state index in [4.69, 9.17) is 9.47 Å². The summed E-state index contributed by atoms with van der Waals surface area (Å²) in [5, 5.41) is 3.20. The maximum absolute atomic E-state index is 12.0. The van der Waals surface area contributed by atoms with Gasteiger partial charge in [-0.2, -0.15) is 0 Å². The minimum absolute atomic E-state index is 0.334. The van der Waals surface area contributed by atoms with Gasteiger partial charge in [0.1, 0.15) is 5.75 Å². The first-order valence-corrected chi connectivity index (χ1v) is 6.79. The Balaban J connectivity index is 2.95. The van der Waals surface area contributed by atoms with Crippen molar-refractivity contribution in [1.29, 1.82) is 0 Å². The molecule has 0 spiro atoms. The fourth-order valence-electron chi connectivity index (χ4n) is 1.72. The second-order valence-electron chi connectivity index (χ2n) is 4.28. The highest BCUT2D eigenvalue weighted by atomic mass is 16.5. The van der Waals surface area contributed by atoms with Gasteiger partial charge in [0.25, 0.3) is 0 Å². The molecule has 0 unspecified atom stereocenters. The number of anilines is 1. The van der Waals surface area contributed by atoms with Crippen molar-refractivity contribution in [2.24, 2.45) is 0 Å². The SMILES string of the molecule is CC#CC/C(C(=O)OCC)=C(\C)Nc1ccc(OC)cc1. The number of ether oxygens (including phenoxy) is 2. The van der Waals surface area contributed by atoms with Gasteiger partial charge in [0.15, 0.2) is 0 Å². The van der Waals surface area contributed by atoms with Crippen LogP contribution in [-0.4, -0.2) is 19.7 Å². The first kappa shape index (κ1) is 16.6. The standard InChI is InChI=1S/C17H21NO3/c1-5-7-8-16(17(19)21-6-2)13(3)18-14-9-11-15(20-4)12-10-14/h9-12,18H,6,8H2,1-4H3/b16-13-. The molecule has 0 aromatic heterocycles. The van der Waals surface area contributed by atoms with E-state index in [0.717, 1.165) is 17.1 Å². The smallest absolute Gasteiger partial charge is 0.336 e. The zero-order valence-electron chi connectivity index (χ0n) is 12.9. The number of carbonyl (C=O) groups excluding carboxylic acids is 1. The van der Waals surface area contributed by atoms with E-state index < -0.39 is 0 Å². The van der Waals surface area contributed by atoms with E-state index in [2.05, 4.69) is 17.2 Å². The number of esters is 1. The quantitative estimate of drug-likeness (QED) is 0.495. The Kier molecular flexibility index (Phi) is 6.90. The van der Waals surface area contributed by atoms with Crippen LogP contribution < -0.4 is 10.1 Å². The highest BCUT2D eigenvalue weighted by Crippen LogP contribution is 2.19. The van der Waals surface area contributed by atoms with E-state index in [0.29, 0.717) is 18.6 Å². The molecule has 4 heteroatoms. The van der Waals surface area contributed by atoms with Gasteiger partial charge in [0.2, 0.25) is 0 Å². The average Bonchev–Trinajstić information content (AvgIpc) is 2.48. The van der Waals surface area contributed by atoms with E-state index in [1.165, 1.54) is 0 Å². The zero-order valence-corrected chi connectivity index (χ0v) is 12.9. The van der Waals surface area contributed by atoms with Gasteiger partial charge in [-0.05, 0) is 45.0 Å². The van der Waals surface area contributed by atoms with Crippen molar-refractivity contribution < 1.29 is 14.3 Å². The third-order valence-corrected chi connectivity index (χ3v) is 2.84. The summed E-state index contributed by atoms with van der Waals surface area (Å²) in [6.45, 7) is 5.72. The molecule has 0 aliphatic carbocycles. The minimum atomic E-state index is -0.334. The van der Waals surface area contributed by atoms with Crippen molar-refractivity contribution in [3.63, 3.8) is 0 Å². The van der Waals surface area contributed by atoms with Gasteiger partial charge in [-0.1, -0.05) is 5.92 Å². The Hall–Kier alpha value is -2.41. The normalized spacial score (nSPS) is 10.9. The van der Waals surface area contributed by atoms with Gasteiger partial charge in [-0.3, -0.25) is 0 Å². The molecule has 0 atom stereocenters. The predicted octanol–water partition coefficient (Wildman–Crippen LogP) is 3.36. The third kappa shape index (κ3) is 5.23. The lowest BCUT2D eigenvalue weighted by Crippen LogP contribution is -2.12. The highest BCUT2D eigenvalue weighted by molar-refractivity contribution is 5.90. The van der Waals surface area contributed by atoms with E-state index in [1.54, 1.807) is 21.0 Å². The van der Waals surface area contributed by atoms with Crippen molar-refractivity contribution >= 4 is 11.7 Å². The molecule has 1 aromatic rings. The molecule has 0 amide bonds. The molecule has 0 radical (unpaired) electrons. The van der Waals surface area contributed by atoms with Crippen molar-refractivity contribution in [2.45, 2.75) is 27.2 Å². The largest absolute Gasteiger partial charge is 0.497 e. The van der Waals surface area contributed by atoms with Crippen LogP contribution in [0.3, 0.4) is 0 Å². The first-order valence-electron chi connectivity index (χ1n) is 6.79. The Bertz CT molecular complexity index is 562. The van der Waals surface area contributed by atoms with E-state index >= 15 is 0 Å². The van der Waals surface area contributed by atoms with E-state index in [1.807, 2.05) is 31.2 Å². The lowest BCUT2D eigenvalue weighted by Gasteiger charge is -2.12. The molecule has 0 aliphatic heterocycles. The molecular weight excluding hydrogens is 266 g/mol. The Morgan fingerprint density at radius 1 is 1.29 bits per heavy atom.